The Hall–Kier alpha value is -1.73. The van der Waals surface area contributed by atoms with E-state index in [-0.39, 0.29) is 12.0 Å². The van der Waals surface area contributed by atoms with E-state index in [4.69, 9.17) is 23.2 Å². The van der Waals surface area contributed by atoms with E-state index in [0.717, 1.165) is 35.0 Å². The highest BCUT2D eigenvalue weighted by Crippen LogP contribution is 2.45. The molecule has 30 heavy (non-hydrogen) atoms. The number of thiophene rings is 1. The molecule has 0 amide bonds. The van der Waals surface area contributed by atoms with E-state index in [1.165, 1.54) is 11.3 Å². The fourth-order valence-corrected chi connectivity index (χ4v) is 5.58. The van der Waals surface area contributed by atoms with Crippen LogP contribution in [0.15, 0.2) is 35.8 Å². The molecule has 0 saturated heterocycles. The van der Waals surface area contributed by atoms with Crippen molar-refractivity contribution in [3.8, 4) is 0 Å². The van der Waals surface area contributed by atoms with Gasteiger partial charge in [0, 0.05) is 24.2 Å². The Balaban J connectivity index is 1.54. The summed E-state index contributed by atoms with van der Waals surface area (Å²) >= 11 is 13.6. The molecule has 1 aromatic carbocycles. The Morgan fingerprint density at radius 1 is 1.33 bits per heavy atom. The summed E-state index contributed by atoms with van der Waals surface area (Å²) in [6.45, 7) is 2.71. The number of carbonyl (C=O) groups is 1. The van der Waals surface area contributed by atoms with Crippen molar-refractivity contribution in [2.75, 3.05) is 0 Å². The minimum Gasteiger partial charge on any atom is -0.480 e. The zero-order valence-electron chi connectivity index (χ0n) is 16.6. The highest BCUT2D eigenvalue weighted by Gasteiger charge is 2.52. The van der Waals surface area contributed by atoms with Gasteiger partial charge < -0.3 is 10.4 Å². The van der Waals surface area contributed by atoms with Crippen LogP contribution in [0.4, 0.5) is 0 Å². The van der Waals surface area contributed by atoms with Crippen molar-refractivity contribution >= 4 is 50.7 Å². The molecule has 1 aliphatic rings. The lowest BCUT2D eigenvalue weighted by Crippen LogP contribution is -2.51. The van der Waals surface area contributed by atoms with Gasteiger partial charge in [-0.3, -0.25) is 4.79 Å². The van der Waals surface area contributed by atoms with Gasteiger partial charge in [-0.15, -0.1) is 11.3 Å². The van der Waals surface area contributed by atoms with Crippen molar-refractivity contribution in [3.63, 3.8) is 0 Å². The van der Waals surface area contributed by atoms with Crippen LogP contribution < -0.4 is 5.32 Å². The molecule has 3 unspecified atom stereocenters. The molecule has 2 N–H and O–H groups in total. The summed E-state index contributed by atoms with van der Waals surface area (Å²) in [4.78, 5) is 22.6. The number of benzene rings is 1. The second-order valence-electron chi connectivity index (χ2n) is 7.86. The lowest BCUT2D eigenvalue weighted by Gasteiger charge is -2.42. The van der Waals surface area contributed by atoms with E-state index < -0.39 is 11.4 Å². The first-order valence-corrected chi connectivity index (χ1v) is 11.7. The largest absolute Gasteiger partial charge is 0.480 e. The molecule has 4 rings (SSSR count). The van der Waals surface area contributed by atoms with Crippen LogP contribution in [-0.2, 0) is 16.8 Å². The Morgan fingerprint density at radius 3 is 2.90 bits per heavy atom. The topological polar surface area (TPSA) is 75.1 Å². The van der Waals surface area contributed by atoms with Gasteiger partial charge in [-0.25, -0.2) is 9.97 Å². The molecular weight excluding hydrogens is 441 g/mol. The number of rotatable bonds is 6. The van der Waals surface area contributed by atoms with Gasteiger partial charge in [0.15, 0.2) is 0 Å². The number of nitrogens with one attached hydrogen (secondary N) is 1. The lowest BCUT2D eigenvalue weighted by molar-refractivity contribution is -0.148. The maximum absolute atomic E-state index is 12.6. The van der Waals surface area contributed by atoms with Crippen LogP contribution in [-0.4, -0.2) is 27.1 Å². The fraction of sp³-hybridized carbons (Fsp3) is 0.409. The standard InChI is InChI=1S/C22H23Cl2N3O2S/c1-2-15-10-16(25-11-13-3-4-17(23)18(24)9-13)5-7-22(15,21(28)29)20-26-12-14-6-8-30-19(14)27-20/h3-4,6,8-9,12,15-16,25H,2,5,7,10-11H2,1H3,(H,28,29). The van der Waals surface area contributed by atoms with Crippen LogP contribution in [0, 0.1) is 5.92 Å². The molecule has 158 valence electrons. The third-order valence-electron chi connectivity index (χ3n) is 6.21. The third kappa shape index (κ3) is 3.94. The summed E-state index contributed by atoms with van der Waals surface area (Å²) in [6, 6.07) is 7.79. The van der Waals surface area contributed by atoms with Crippen LogP contribution in [0.1, 0.15) is 44.0 Å². The quantitative estimate of drug-likeness (QED) is 0.490. The average molecular weight is 464 g/mol. The smallest absolute Gasteiger partial charge is 0.317 e. The normalized spacial score (nSPS) is 24.2. The van der Waals surface area contributed by atoms with Crippen LogP contribution in [0.3, 0.4) is 0 Å². The Bertz CT molecular complexity index is 1070. The number of hydrogen-bond donors (Lipinski definition) is 2. The molecule has 0 aliphatic heterocycles. The van der Waals surface area contributed by atoms with Crippen molar-refractivity contribution < 1.29 is 9.90 Å². The molecule has 1 aliphatic carbocycles. The summed E-state index contributed by atoms with van der Waals surface area (Å²) in [5, 5.41) is 17.9. The number of nitrogens with zero attached hydrogens (tertiary/aromatic N) is 2. The fourth-order valence-electron chi connectivity index (χ4n) is 4.52. The van der Waals surface area contributed by atoms with Gasteiger partial charge in [0.1, 0.15) is 16.1 Å². The van der Waals surface area contributed by atoms with Gasteiger partial charge >= 0.3 is 5.97 Å². The predicted molar refractivity (Wildman–Crippen MR) is 121 cm³/mol. The molecule has 2 aromatic heterocycles. The Labute approximate surface area is 189 Å². The average Bonchev–Trinajstić information content (AvgIpc) is 3.22. The Kier molecular flexibility index (Phi) is 6.30. The first-order valence-electron chi connectivity index (χ1n) is 10.1. The van der Waals surface area contributed by atoms with Crippen LogP contribution in [0.25, 0.3) is 10.2 Å². The number of carboxylic acid groups (broad SMARTS) is 1. The minimum absolute atomic E-state index is 0.0486. The second-order valence-corrected chi connectivity index (χ2v) is 9.57. The number of aromatic nitrogens is 2. The summed E-state index contributed by atoms with van der Waals surface area (Å²) in [6.07, 6.45) is 4.52. The van der Waals surface area contributed by atoms with Gasteiger partial charge in [-0.1, -0.05) is 42.6 Å². The van der Waals surface area contributed by atoms with Crippen LogP contribution in [0.5, 0.6) is 0 Å². The molecule has 2 heterocycles. The first kappa shape index (κ1) is 21.5. The molecule has 3 atom stereocenters. The molecule has 5 nitrogen and oxygen atoms in total. The highest BCUT2D eigenvalue weighted by atomic mass is 35.5. The van der Waals surface area contributed by atoms with E-state index in [2.05, 4.69) is 15.3 Å². The monoisotopic (exact) mass is 463 g/mol. The van der Waals surface area contributed by atoms with Crippen LogP contribution in [0.2, 0.25) is 10.0 Å². The maximum atomic E-state index is 12.6. The third-order valence-corrected chi connectivity index (χ3v) is 7.77. The van der Waals surface area contributed by atoms with Gasteiger partial charge in [0.2, 0.25) is 0 Å². The molecule has 1 saturated carbocycles. The zero-order valence-corrected chi connectivity index (χ0v) is 18.9. The van der Waals surface area contributed by atoms with Gasteiger partial charge in [0.25, 0.3) is 0 Å². The summed E-state index contributed by atoms with van der Waals surface area (Å²) in [5.41, 5.74) is 0.00770. The summed E-state index contributed by atoms with van der Waals surface area (Å²) < 4.78 is 0. The highest BCUT2D eigenvalue weighted by molar-refractivity contribution is 7.16. The van der Waals surface area contributed by atoms with Gasteiger partial charge in [0.05, 0.1) is 10.0 Å². The Morgan fingerprint density at radius 2 is 2.17 bits per heavy atom. The minimum atomic E-state index is -1.05. The van der Waals surface area contributed by atoms with Crippen molar-refractivity contribution in [1.29, 1.82) is 0 Å². The molecule has 8 heteroatoms. The maximum Gasteiger partial charge on any atom is 0.317 e. The molecular formula is C22H23Cl2N3O2S. The number of fused-ring (bicyclic) bond motifs is 1. The number of halogens is 2. The summed E-state index contributed by atoms with van der Waals surface area (Å²) in [5.74, 6) is -0.430. The number of aliphatic carboxylic acids is 1. The van der Waals surface area contributed by atoms with Gasteiger partial charge in [-0.05, 0) is 54.3 Å². The summed E-state index contributed by atoms with van der Waals surface area (Å²) in [7, 11) is 0. The first-order chi connectivity index (χ1) is 14.4. The number of hydrogen-bond acceptors (Lipinski definition) is 5. The molecule has 0 spiro atoms. The number of carboxylic acids is 1. The zero-order chi connectivity index (χ0) is 21.3. The van der Waals surface area contributed by atoms with E-state index in [1.54, 1.807) is 12.3 Å². The van der Waals surface area contributed by atoms with Gasteiger partial charge in [-0.2, -0.15) is 0 Å². The van der Waals surface area contributed by atoms with E-state index in [0.29, 0.717) is 28.8 Å². The molecule has 0 bridgehead atoms. The molecule has 0 radical (unpaired) electrons. The van der Waals surface area contributed by atoms with Crippen molar-refractivity contribution in [3.05, 3.63) is 57.3 Å². The molecule has 3 aromatic rings. The SMILES string of the molecule is CCC1CC(NCc2ccc(Cl)c(Cl)c2)CCC1(C(=O)O)c1ncc2ccsc2n1. The van der Waals surface area contributed by atoms with E-state index >= 15 is 0 Å². The lowest BCUT2D eigenvalue weighted by atomic mass is 9.63. The van der Waals surface area contributed by atoms with Crippen molar-refractivity contribution in [1.82, 2.24) is 15.3 Å². The van der Waals surface area contributed by atoms with Crippen molar-refractivity contribution in [2.45, 2.75) is 50.6 Å². The van der Waals surface area contributed by atoms with E-state index in [9.17, 15) is 9.90 Å². The molecule has 1 fully saturated rings. The predicted octanol–water partition coefficient (Wildman–Crippen LogP) is 5.69. The van der Waals surface area contributed by atoms with Crippen molar-refractivity contribution in [2.24, 2.45) is 5.92 Å². The van der Waals surface area contributed by atoms with Crippen LogP contribution >= 0.6 is 34.5 Å². The second kappa shape index (κ2) is 8.79. The van der Waals surface area contributed by atoms with E-state index in [1.807, 2.05) is 30.5 Å².